The Labute approximate surface area is 131 Å². The molecule has 0 fully saturated rings. The van der Waals surface area contributed by atoms with Crippen LogP contribution in [0.2, 0.25) is 0 Å². The largest absolute Gasteiger partial charge is 0.325 e. The topological polar surface area (TPSA) is 52.0 Å². The van der Waals surface area contributed by atoms with Gasteiger partial charge in [-0.25, -0.2) is 13.4 Å². The molecule has 0 atom stereocenters. The second-order valence-electron chi connectivity index (χ2n) is 5.20. The fourth-order valence-corrected chi connectivity index (χ4v) is 3.76. The lowest BCUT2D eigenvalue weighted by atomic mass is 10.1. The Morgan fingerprint density at radius 1 is 1.29 bits per heavy atom. The average molecular weight is 329 g/mol. The van der Waals surface area contributed by atoms with Crippen molar-refractivity contribution < 1.29 is 8.42 Å². The van der Waals surface area contributed by atoms with E-state index in [2.05, 4.69) is 23.4 Å². The highest BCUT2D eigenvalue weighted by atomic mass is 35.5. The van der Waals surface area contributed by atoms with E-state index < -0.39 is 9.84 Å². The molecule has 116 valence electrons. The number of benzene rings is 1. The van der Waals surface area contributed by atoms with Crippen LogP contribution >= 0.6 is 11.6 Å². The van der Waals surface area contributed by atoms with Gasteiger partial charge in [0.2, 0.25) is 0 Å². The van der Waals surface area contributed by atoms with Gasteiger partial charge in [0.05, 0.1) is 10.4 Å². The van der Waals surface area contributed by atoms with Crippen LogP contribution in [-0.4, -0.2) is 30.1 Å². The molecule has 2 rings (SSSR count). The van der Waals surface area contributed by atoms with Gasteiger partial charge in [0, 0.05) is 24.6 Å². The molecule has 0 amide bonds. The molecular weight excluding hydrogens is 308 g/mol. The number of hydrogen-bond acceptors (Lipinski definition) is 3. The van der Waals surface area contributed by atoms with Crippen LogP contribution in [0.3, 0.4) is 0 Å². The van der Waals surface area contributed by atoms with E-state index in [0.29, 0.717) is 28.8 Å². The molecule has 21 heavy (non-hydrogen) atoms. The fourth-order valence-electron chi connectivity index (χ4n) is 2.76. The first-order valence-electron chi connectivity index (χ1n) is 7.19. The van der Waals surface area contributed by atoms with E-state index in [4.69, 9.17) is 11.6 Å². The van der Waals surface area contributed by atoms with Gasteiger partial charge in [-0.15, -0.1) is 11.6 Å². The number of aromatic nitrogens is 2. The molecule has 0 saturated carbocycles. The summed E-state index contributed by atoms with van der Waals surface area (Å²) >= 11 is 5.88. The molecule has 0 N–H and O–H groups in total. The molecule has 1 aromatic carbocycles. The summed E-state index contributed by atoms with van der Waals surface area (Å²) in [5.74, 6) is 1.34. The van der Waals surface area contributed by atoms with Crippen molar-refractivity contribution in [1.82, 2.24) is 9.55 Å². The maximum Gasteiger partial charge on any atom is 0.177 e. The SMILES string of the molecule is CCC(CC)n1c(CCCl)nc2c(S(C)(=O)=O)cccc21. The first-order valence-corrected chi connectivity index (χ1v) is 9.62. The summed E-state index contributed by atoms with van der Waals surface area (Å²) in [6, 6.07) is 5.64. The number of fused-ring (bicyclic) bond motifs is 1. The fraction of sp³-hybridized carbons (Fsp3) is 0.533. The summed E-state index contributed by atoms with van der Waals surface area (Å²) in [6.45, 7) is 4.26. The van der Waals surface area contributed by atoms with Gasteiger partial charge in [-0.1, -0.05) is 19.9 Å². The number of hydrogen-bond donors (Lipinski definition) is 0. The molecular formula is C15H21ClN2O2S. The van der Waals surface area contributed by atoms with Gasteiger partial charge in [-0.3, -0.25) is 0 Å². The number of rotatable bonds is 6. The number of imidazole rings is 1. The molecule has 0 saturated heterocycles. The van der Waals surface area contributed by atoms with E-state index in [0.717, 1.165) is 24.2 Å². The van der Waals surface area contributed by atoms with Gasteiger partial charge >= 0.3 is 0 Å². The third kappa shape index (κ3) is 3.09. The monoisotopic (exact) mass is 328 g/mol. The van der Waals surface area contributed by atoms with E-state index in [1.165, 1.54) is 6.26 Å². The molecule has 1 heterocycles. The Balaban J connectivity index is 2.80. The smallest absolute Gasteiger partial charge is 0.177 e. The summed E-state index contributed by atoms with van der Waals surface area (Å²) < 4.78 is 26.1. The molecule has 6 heteroatoms. The number of alkyl halides is 1. The summed E-state index contributed by atoms with van der Waals surface area (Å²) in [4.78, 5) is 4.88. The lowest BCUT2D eigenvalue weighted by molar-refractivity contribution is 0.468. The highest BCUT2D eigenvalue weighted by molar-refractivity contribution is 7.91. The Bertz CT molecular complexity index is 733. The van der Waals surface area contributed by atoms with Gasteiger partial charge < -0.3 is 4.57 Å². The highest BCUT2D eigenvalue weighted by Crippen LogP contribution is 2.29. The molecule has 4 nitrogen and oxygen atoms in total. The Kier molecular flexibility index (Phi) is 4.94. The van der Waals surface area contributed by atoms with Crippen LogP contribution in [0.5, 0.6) is 0 Å². The zero-order valence-corrected chi connectivity index (χ0v) is 14.2. The Hall–Kier alpha value is -1.07. The number of aryl methyl sites for hydroxylation is 1. The highest BCUT2D eigenvalue weighted by Gasteiger charge is 2.21. The second-order valence-corrected chi connectivity index (χ2v) is 7.57. The third-order valence-electron chi connectivity index (χ3n) is 3.78. The van der Waals surface area contributed by atoms with Gasteiger partial charge in [0.1, 0.15) is 11.3 Å². The minimum atomic E-state index is -3.30. The molecule has 0 spiro atoms. The van der Waals surface area contributed by atoms with E-state index >= 15 is 0 Å². The van der Waals surface area contributed by atoms with Crippen molar-refractivity contribution in [2.24, 2.45) is 0 Å². The predicted molar refractivity (Wildman–Crippen MR) is 86.9 cm³/mol. The van der Waals surface area contributed by atoms with Crippen molar-refractivity contribution in [2.75, 3.05) is 12.1 Å². The summed E-state index contributed by atoms with van der Waals surface area (Å²) in [5, 5.41) is 0. The van der Waals surface area contributed by atoms with Crippen molar-refractivity contribution in [2.45, 2.75) is 44.0 Å². The molecule has 0 aliphatic rings. The number of para-hydroxylation sites is 1. The molecule has 0 bridgehead atoms. The molecule has 2 aromatic rings. The van der Waals surface area contributed by atoms with Crippen LogP contribution in [0.25, 0.3) is 11.0 Å². The van der Waals surface area contributed by atoms with Crippen molar-refractivity contribution >= 4 is 32.5 Å². The standard InChI is InChI=1S/C15H21ClN2O2S/c1-4-11(5-2)18-12-7-6-8-13(21(3,19)20)15(12)17-14(18)9-10-16/h6-8,11H,4-5,9-10H2,1-3H3. The minimum Gasteiger partial charge on any atom is -0.325 e. The normalized spacial score (nSPS) is 12.4. The van der Waals surface area contributed by atoms with Crippen molar-refractivity contribution in [3.8, 4) is 0 Å². The van der Waals surface area contributed by atoms with E-state index in [-0.39, 0.29) is 0 Å². The molecule has 1 aromatic heterocycles. The van der Waals surface area contributed by atoms with Crippen molar-refractivity contribution in [3.05, 3.63) is 24.0 Å². The molecule has 0 aliphatic carbocycles. The zero-order valence-electron chi connectivity index (χ0n) is 12.6. The Morgan fingerprint density at radius 3 is 2.48 bits per heavy atom. The van der Waals surface area contributed by atoms with E-state index in [1.807, 2.05) is 6.07 Å². The zero-order chi connectivity index (χ0) is 15.6. The molecule has 0 radical (unpaired) electrons. The average Bonchev–Trinajstić information content (AvgIpc) is 2.78. The van der Waals surface area contributed by atoms with Crippen LogP contribution in [0.1, 0.15) is 38.6 Å². The number of halogens is 1. The summed E-state index contributed by atoms with van der Waals surface area (Å²) in [7, 11) is -3.30. The van der Waals surface area contributed by atoms with Gasteiger partial charge in [-0.2, -0.15) is 0 Å². The van der Waals surface area contributed by atoms with E-state index in [9.17, 15) is 8.42 Å². The van der Waals surface area contributed by atoms with Crippen LogP contribution in [0, 0.1) is 0 Å². The van der Waals surface area contributed by atoms with Gasteiger partial charge in [-0.05, 0) is 25.0 Å². The first-order chi connectivity index (χ1) is 9.93. The molecule has 0 aliphatic heterocycles. The second kappa shape index (κ2) is 6.36. The first kappa shape index (κ1) is 16.3. The minimum absolute atomic E-state index is 0.292. The maximum atomic E-state index is 12.0. The number of sulfone groups is 1. The summed E-state index contributed by atoms with van der Waals surface area (Å²) in [5.41, 5.74) is 1.44. The van der Waals surface area contributed by atoms with Gasteiger partial charge in [0.15, 0.2) is 9.84 Å². The van der Waals surface area contributed by atoms with Crippen molar-refractivity contribution in [3.63, 3.8) is 0 Å². The lowest BCUT2D eigenvalue weighted by Gasteiger charge is -2.18. The van der Waals surface area contributed by atoms with Crippen molar-refractivity contribution in [1.29, 1.82) is 0 Å². The Morgan fingerprint density at radius 2 is 1.95 bits per heavy atom. The molecule has 0 unspecified atom stereocenters. The lowest BCUT2D eigenvalue weighted by Crippen LogP contribution is -2.11. The third-order valence-corrected chi connectivity index (χ3v) is 5.10. The van der Waals surface area contributed by atoms with Crippen LogP contribution in [0.15, 0.2) is 23.1 Å². The summed E-state index contributed by atoms with van der Waals surface area (Å²) in [6.07, 6.45) is 3.80. The maximum absolute atomic E-state index is 12.0. The quantitative estimate of drug-likeness (QED) is 0.761. The van der Waals surface area contributed by atoms with E-state index in [1.54, 1.807) is 12.1 Å². The van der Waals surface area contributed by atoms with Crippen LogP contribution in [0.4, 0.5) is 0 Å². The van der Waals surface area contributed by atoms with Crippen LogP contribution < -0.4 is 0 Å². The van der Waals surface area contributed by atoms with Crippen LogP contribution in [-0.2, 0) is 16.3 Å². The predicted octanol–water partition coefficient (Wildman–Crippen LogP) is 3.58. The number of nitrogens with zero attached hydrogens (tertiary/aromatic N) is 2. The van der Waals surface area contributed by atoms with Gasteiger partial charge in [0.25, 0.3) is 0 Å².